The molecule has 0 saturated carbocycles. The van der Waals surface area contributed by atoms with E-state index in [-0.39, 0.29) is 4.90 Å². The van der Waals surface area contributed by atoms with E-state index >= 15 is 0 Å². The molecule has 1 aliphatic heterocycles. The Labute approximate surface area is 159 Å². The summed E-state index contributed by atoms with van der Waals surface area (Å²) in [5.41, 5.74) is -1.55. The number of imide groups is 1. The second-order valence-corrected chi connectivity index (χ2v) is 6.03. The van der Waals surface area contributed by atoms with Crippen LogP contribution in [-0.4, -0.2) is 29.8 Å². The van der Waals surface area contributed by atoms with Crippen LogP contribution < -0.4 is 4.90 Å². The molecule has 0 spiro atoms. The predicted octanol–water partition coefficient (Wildman–Crippen LogP) is 4.62. The third-order valence-electron chi connectivity index (χ3n) is 3.63. The van der Waals surface area contributed by atoms with Crippen molar-refractivity contribution in [2.24, 2.45) is 4.99 Å². The molecule has 0 aromatic heterocycles. The number of carbonyl (C=O) groups is 2. The number of nitrogens with zero attached hydrogens (tertiary/aromatic N) is 3. The van der Waals surface area contributed by atoms with Crippen LogP contribution >= 0.6 is 23.2 Å². The lowest BCUT2D eigenvalue weighted by atomic mass is 10.1. The topological polar surface area (TPSA) is 53.0 Å². The minimum absolute atomic E-state index is 0.287. The zero-order valence-electron chi connectivity index (χ0n) is 13.0. The Balaban J connectivity index is 2.02. The Morgan fingerprint density at radius 3 is 2.33 bits per heavy atom. The van der Waals surface area contributed by atoms with Crippen LogP contribution in [0, 0.1) is 23.3 Å². The number of hydrogen-bond acceptors (Lipinski definition) is 3. The molecule has 5 nitrogen and oxygen atoms in total. The lowest BCUT2D eigenvalue weighted by Crippen LogP contribution is -2.49. The van der Waals surface area contributed by atoms with E-state index < -0.39 is 63.2 Å². The summed E-state index contributed by atoms with van der Waals surface area (Å²) >= 11 is 11.1. The second kappa shape index (κ2) is 7.16. The minimum atomic E-state index is -1.36. The largest absolute Gasteiger partial charge is 0.338 e. The maximum atomic E-state index is 14.3. The number of halogens is 6. The van der Waals surface area contributed by atoms with E-state index in [2.05, 4.69) is 4.99 Å². The first-order valence-corrected chi connectivity index (χ1v) is 7.91. The van der Waals surface area contributed by atoms with E-state index in [0.717, 1.165) is 30.6 Å². The molecule has 2 aromatic rings. The van der Waals surface area contributed by atoms with E-state index in [9.17, 15) is 27.2 Å². The molecule has 1 aliphatic rings. The molecule has 3 amide bonds. The monoisotopic (exact) mass is 419 g/mol. The highest BCUT2D eigenvalue weighted by molar-refractivity contribution is 6.35. The van der Waals surface area contributed by atoms with E-state index in [1.54, 1.807) is 0 Å². The molecule has 0 atom stereocenters. The standard InChI is InChI=1S/C16H7Cl2F4N3O2/c17-7-4-10(14(22)12(18)13(7)21)24-5-23-6-25(16(24)27)15(26)11-8(19)2-1-3-9(11)20/h1-4,6H,5H2. The number of anilines is 1. The normalized spacial score (nSPS) is 14.1. The van der Waals surface area contributed by atoms with Crippen molar-refractivity contribution >= 4 is 47.2 Å². The van der Waals surface area contributed by atoms with Crippen molar-refractivity contribution in [3.8, 4) is 0 Å². The van der Waals surface area contributed by atoms with Crippen molar-refractivity contribution in [3.63, 3.8) is 0 Å². The molecule has 0 N–H and O–H groups in total. The van der Waals surface area contributed by atoms with Gasteiger partial charge in [-0.3, -0.25) is 14.7 Å². The van der Waals surface area contributed by atoms with Crippen molar-refractivity contribution < 1.29 is 27.2 Å². The molecule has 0 radical (unpaired) electrons. The van der Waals surface area contributed by atoms with Gasteiger partial charge in [0.25, 0.3) is 5.91 Å². The van der Waals surface area contributed by atoms with Gasteiger partial charge in [0.15, 0.2) is 11.6 Å². The maximum Gasteiger partial charge on any atom is 0.338 e. The summed E-state index contributed by atoms with van der Waals surface area (Å²) in [6, 6.07) is 2.30. The first-order valence-electron chi connectivity index (χ1n) is 7.16. The lowest BCUT2D eigenvalue weighted by Gasteiger charge is -2.30. The highest BCUT2D eigenvalue weighted by atomic mass is 35.5. The van der Waals surface area contributed by atoms with Crippen molar-refractivity contribution in [1.29, 1.82) is 0 Å². The Morgan fingerprint density at radius 1 is 1.07 bits per heavy atom. The van der Waals surface area contributed by atoms with Crippen molar-refractivity contribution in [1.82, 2.24) is 4.90 Å². The van der Waals surface area contributed by atoms with Gasteiger partial charge in [-0.2, -0.15) is 0 Å². The Kier molecular flexibility index (Phi) is 5.07. The van der Waals surface area contributed by atoms with Gasteiger partial charge in [0, 0.05) is 0 Å². The molecule has 0 unspecified atom stereocenters. The van der Waals surface area contributed by atoms with Crippen LogP contribution in [0.5, 0.6) is 0 Å². The van der Waals surface area contributed by atoms with Crippen LogP contribution in [0.4, 0.5) is 28.0 Å². The number of aliphatic imine (C=N–C) groups is 1. The minimum Gasteiger partial charge on any atom is -0.270 e. The van der Waals surface area contributed by atoms with Crippen molar-refractivity contribution in [3.05, 3.63) is 63.1 Å². The van der Waals surface area contributed by atoms with E-state index in [1.165, 1.54) is 0 Å². The molecule has 1 heterocycles. The summed E-state index contributed by atoms with van der Waals surface area (Å²) in [5, 5.41) is -1.53. The van der Waals surface area contributed by atoms with Gasteiger partial charge in [-0.25, -0.2) is 27.3 Å². The lowest BCUT2D eigenvalue weighted by molar-refractivity contribution is 0.0869. The third kappa shape index (κ3) is 3.24. The van der Waals surface area contributed by atoms with Crippen molar-refractivity contribution in [2.75, 3.05) is 11.6 Å². The van der Waals surface area contributed by atoms with Crippen LogP contribution in [-0.2, 0) is 0 Å². The number of hydrogen-bond donors (Lipinski definition) is 0. The predicted molar refractivity (Wildman–Crippen MR) is 90.1 cm³/mol. The van der Waals surface area contributed by atoms with E-state index in [0.29, 0.717) is 4.90 Å². The summed E-state index contributed by atoms with van der Waals surface area (Å²) in [6.07, 6.45) is 0.748. The third-order valence-corrected chi connectivity index (χ3v) is 4.23. The van der Waals surface area contributed by atoms with Gasteiger partial charge < -0.3 is 0 Å². The average Bonchev–Trinajstić information content (AvgIpc) is 2.63. The van der Waals surface area contributed by atoms with Gasteiger partial charge in [-0.1, -0.05) is 29.3 Å². The SMILES string of the molecule is O=C(c1c(F)cccc1F)N1C=NCN(c2cc(Cl)c(F)c(Cl)c2F)C1=O. The number of benzene rings is 2. The Hall–Kier alpha value is -2.65. The molecule has 11 heteroatoms. The highest BCUT2D eigenvalue weighted by Crippen LogP contribution is 2.34. The fourth-order valence-electron chi connectivity index (χ4n) is 2.34. The molecule has 27 heavy (non-hydrogen) atoms. The fraction of sp³-hybridized carbons (Fsp3) is 0.0625. The second-order valence-electron chi connectivity index (χ2n) is 5.24. The Morgan fingerprint density at radius 2 is 1.70 bits per heavy atom. The zero-order valence-corrected chi connectivity index (χ0v) is 14.5. The van der Waals surface area contributed by atoms with Crippen LogP contribution in [0.1, 0.15) is 10.4 Å². The Bertz CT molecular complexity index is 980. The first-order chi connectivity index (χ1) is 12.7. The number of rotatable bonds is 2. The summed E-state index contributed by atoms with van der Waals surface area (Å²) < 4.78 is 55.5. The quantitative estimate of drug-likeness (QED) is 0.405. The van der Waals surface area contributed by atoms with Crippen LogP contribution in [0.2, 0.25) is 10.0 Å². The molecule has 140 valence electrons. The van der Waals surface area contributed by atoms with Crippen LogP contribution in [0.15, 0.2) is 29.3 Å². The van der Waals surface area contributed by atoms with Crippen molar-refractivity contribution in [2.45, 2.75) is 0 Å². The average molecular weight is 420 g/mol. The van der Waals surface area contributed by atoms with Gasteiger partial charge in [-0.05, 0) is 18.2 Å². The molecule has 0 fully saturated rings. The van der Waals surface area contributed by atoms with Gasteiger partial charge >= 0.3 is 6.03 Å². The summed E-state index contributed by atoms with van der Waals surface area (Å²) in [4.78, 5) is 29.6. The molecule has 3 rings (SSSR count). The molecule has 2 aromatic carbocycles. The molecule has 0 aliphatic carbocycles. The first kappa shape index (κ1) is 19.1. The highest BCUT2D eigenvalue weighted by Gasteiger charge is 2.35. The van der Waals surface area contributed by atoms with Gasteiger partial charge in [0.1, 0.15) is 35.2 Å². The summed E-state index contributed by atoms with van der Waals surface area (Å²) in [7, 11) is 0. The molecular weight excluding hydrogens is 413 g/mol. The fourth-order valence-corrected chi connectivity index (χ4v) is 2.78. The number of amides is 3. The maximum absolute atomic E-state index is 14.3. The molecule has 0 bridgehead atoms. The number of urea groups is 1. The van der Waals surface area contributed by atoms with Gasteiger partial charge in [-0.15, -0.1) is 0 Å². The molecule has 0 saturated heterocycles. The summed E-state index contributed by atoms with van der Waals surface area (Å²) in [6.45, 7) is -0.461. The van der Waals surface area contributed by atoms with E-state index in [4.69, 9.17) is 23.2 Å². The number of carbonyl (C=O) groups excluding carboxylic acids is 2. The van der Waals surface area contributed by atoms with Gasteiger partial charge in [0.2, 0.25) is 0 Å². The summed E-state index contributed by atoms with van der Waals surface area (Å²) in [5.74, 6) is -6.29. The van der Waals surface area contributed by atoms with E-state index in [1.807, 2.05) is 0 Å². The van der Waals surface area contributed by atoms with Gasteiger partial charge in [0.05, 0.1) is 10.7 Å². The van der Waals surface area contributed by atoms with Crippen LogP contribution in [0.25, 0.3) is 0 Å². The van der Waals surface area contributed by atoms with Crippen LogP contribution in [0.3, 0.4) is 0 Å². The molecular formula is C16H7Cl2F4N3O2. The zero-order chi connectivity index (χ0) is 19.9. The smallest absolute Gasteiger partial charge is 0.270 e.